The first-order valence-corrected chi connectivity index (χ1v) is 9.16. The van der Waals surface area contributed by atoms with Gasteiger partial charge in [0, 0.05) is 12.8 Å². The maximum atomic E-state index is 11.7. The van der Waals surface area contributed by atoms with Crippen LogP contribution < -0.4 is 5.73 Å². The summed E-state index contributed by atoms with van der Waals surface area (Å²) in [5, 5.41) is 0. The van der Waals surface area contributed by atoms with Gasteiger partial charge in [0.05, 0.1) is 51.6 Å². The molecule has 0 aliphatic carbocycles. The highest BCUT2D eigenvalue weighted by Gasteiger charge is 2.27. The van der Waals surface area contributed by atoms with Gasteiger partial charge in [-0.3, -0.25) is 14.4 Å². The zero-order chi connectivity index (χ0) is 20.9. The topological polar surface area (TPSA) is 114 Å². The van der Waals surface area contributed by atoms with Crippen LogP contribution in [0.25, 0.3) is 0 Å². The number of nitrogens with two attached hydrogens (primary N) is 1. The average Bonchev–Trinajstić information content (AvgIpc) is 2.51. The van der Waals surface area contributed by atoms with E-state index in [-0.39, 0.29) is 63.6 Å². The van der Waals surface area contributed by atoms with E-state index in [2.05, 4.69) is 0 Å². The van der Waals surface area contributed by atoms with Crippen molar-refractivity contribution in [2.24, 2.45) is 5.73 Å². The second kappa shape index (κ2) is 12.9. The van der Waals surface area contributed by atoms with Crippen molar-refractivity contribution in [3.05, 3.63) is 0 Å². The van der Waals surface area contributed by atoms with Crippen molar-refractivity contribution in [1.82, 2.24) is 0 Å². The zero-order valence-corrected chi connectivity index (χ0v) is 17.3. The normalized spacial score (nSPS) is 12.1. The van der Waals surface area contributed by atoms with Crippen LogP contribution in [0.3, 0.4) is 0 Å². The first-order chi connectivity index (χ1) is 12.4. The van der Waals surface area contributed by atoms with E-state index >= 15 is 0 Å². The summed E-state index contributed by atoms with van der Waals surface area (Å²) < 4.78 is 21.7. The van der Waals surface area contributed by atoms with E-state index < -0.39 is 11.1 Å². The van der Waals surface area contributed by atoms with Crippen LogP contribution in [0, 0.1) is 0 Å². The summed E-state index contributed by atoms with van der Waals surface area (Å²) in [6.07, 6.45) is 0.727. The van der Waals surface area contributed by atoms with Crippen molar-refractivity contribution >= 4 is 17.5 Å². The van der Waals surface area contributed by atoms with E-state index in [1.807, 2.05) is 0 Å². The van der Waals surface area contributed by atoms with Gasteiger partial charge in [-0.05, 0) is 34.6 Å². The number of carbonyl (C=O) groups is 3. The molecule has 27 heavy (non-hydrogen) atoms. The number of hydrogen-bond donors (Lipinski definition) is 1. The summed E-state index contributed by atoms with van der Waals surface area (Å²) in [7, 11) is 0. The molecule has 0 aliphatic heterocycles. The lowest BCUT2D eigenvalue weighted by Crippen LogP contribution is -2.53. The van der Waals surface area contributed by atoms with Crippen LogP contribution in [0.4, 0.5) is 0 Å². The second-order valence-corrected chi connectivity index (χ2v) is 7.76. The predicted molar refractivity (Wildman–Crippen MR) is 100 cm³/mol. The van der Waals surface area contributed by atoms with Gasteiger partial charge in [0.1, 0.15) is 17.2 Å². The summed E-state index contributed by atoms with van der Waals surface area (Å²) >= 11 is 0. The molecule has 0 spiro atoms. The van der Waals surface area contributed by atoms with Crippen molar-refractivity contribution in [3.63, 3.8) is 0 Å². The van der Waals surface area contributed by atoms with Crippen LogP contribution in [-0.2, 0) is 33.3 Å². The highest BCUT2D eigenvalue weighted by Crippen LogP contribution is 2.09. The van der Waals surface area contributed by atoms with Gasteiger partial charge in [-0.2, -0.15) is 0 Å². The molecule has 0 atom stereocenters. The molecule has 8 nitrogen and oxygen atoms in total. The maximum absolute atomic E-state index is 11.7. The first kappa shape index (κ1) is 25.6. The number of hydrogen-bond acceptors (Lipinski definition) is 8. The van der Waals surface area contributed by atoms with Crippen LogP contribution in [0.1, 0.15) is 53.9 Å². The molecule has 0 aromatic rings. The summed E-state index contributed by atoms with van der Waals surface area (Å²) in [6.45, 7) is 9.44. The van der Waals surface area contributed by atoms with Gasteiger partial charge in [-0.1, -0.05) is 0 Å². The van der Waals surface area contributed by atoms with Gasteiger partial charge >= 0.3 is 5.97 Å². The Balaban J connectivity index is 4.35. The minimum Gasteiger partial charge on any atom is -0.460 e. The molecular formula is C19H35NO7. The number of ether oxygens (including phenoxy) is 4. The summed E-state index contributed by atoms with van der Waals surface area (Å²) in [4.78, 5) is 33.6. The Labute approximate surface area is 162 Å². The van der Waals surface area contributed by atoms with Crippen LogP contribution in [0.5, 0.6) is 0 Å². The fraction of sp³-hybridized carbons (Fsp3) is 0.842. The Morgan fingerprint density at radius 1 is 0.741 bits per heavy atom. The van der Waals surface area contributed by atoms with Crippen molar-refractivity contribution in [3.8, 4) is 0 Å². The third-order valence-electron chi connectivity index (χ3n) is 3.24. The van der Waals surface area contributed by atoms with Crippen LogP contribution in [0.15, 0.2) is 0 Å². The molecule has 8 heteroatoms. The third-order valence-corrected chi connectivity index (χ3v) is 3.24. The van der Waals surface area contributed by atoms with Crippen molar-refractivity contribution in [2.45, 2.75) is 65.0 Å². The van der Waals surface area contributed by atoms with Gasteiger partial charge in [0.2, 0.25) is 0 Å². The quantitative estimate of drug-likeness (QED) is 0.330. The smallest absolute Gasteiger partial charge is 0.308 e. The first-order valence-electron chi connectivity index (χ1n) is 9.16. The average molecular weight is 389 g/mol. The molecule has 0 amide bonds. The summed E-state index contributed by atoms with van der Waals surface area (Å²) in [5.74, 6) is -0.284. The molecule has 0 aliphatic rings. The lowest BCUT2D eigenvalue weighted by Gasteiger charge is -2.29. The molecule has 0 aromatic carbocycles. The van der Waals surface area contributed by atoms with Crippen LogP contribution in [-0.4, -0.2) is 68.3 Å². The Kier molecular flexibility index (Phi) is 12.3. The van der Waals surface area contributed by atoms with Crippen molar-refractivity contribution < 1.29 is 33.3 Å². The van der Waals surface area contributed by atoms with E-state index in [0.29, 0.717) is 12.8 Å². The Morgan fingerprint density at radius 3 is 1.44 bits per heavy atom. The fourth-order valence-electron chi connectivity index (χ4n) is 1.93. The summed E-state index contributed by atoms with van der Waals surface area (Å²) in [6, 6.07) is 0. The van der Waals surface area contributed by atoms with Gasteiger partial charge in [0.15, 0.2) is 0 Å². The third kappa shape index (κ3) is 16.5. The Hall–Kier alpha value is -1.35. The Bertz CT molecular complexity index is 449. The largest absolute Gasteiger partial charge is 0.460 e. The molecule has 0 heterocycles. The molecule has 0 saturated carbocycles. The lowest BCUT2D eigenvalue weighted by atomic mass is 10.1. The molecule has 0 aromatic heterocycles. The number of rotatable bonds is 15. The van der Waals surface area contributed by atoms with Gasteiger partial charge in [-0.15, -0.1) is 0 Å². The standard InChI is InChI=1S/C19H35NO7/c1-15(21)6-9-24-12-19(20,13-25-10-7-16(2)22)14-26-11-8-17(23)27-18(3,4)5/h6-14,20H2,1-5H3. The SMILES string of the molecule is CC(=O)CCOCC(N)(COCCC(C)=O)COCCC(=O)OC(C)(C)C. The van der Waals surface area contributed by atoms with Crippen molar-refractivity contribution in [1.29, 1.82) is 0 Å². The van der Waals surface area contributed by atoms with E-state index in [9.17, 15) is 14.4 Å². The molecule has 0 radical (unpaired) electrons. The molecule has 0 unspecified atom stereocenters. The van der Waals surface area contributed by atoms with Crippen LogP contribution >= 0.6 is 0 Å². The molecule has 158 valence electrons. The van der Waals surface area contributed by atoms with Gasteiger partial charge < -0.3 is 24.7 Å². The monoisotopic (exact) mass is 389 g/mol. The predicted octanol–water partition coefficient (Wildman–Crippen LogP) is 1.42. The molecule has 2 N–H and O–H groups in total. The minimum atomic E-state index is -0.943. The highest BCUT2D eigenvalue weighted by atomic mass is 16.6. The molecule has 0 rings (SSSR count). The van der Waals surface area contributed by atoms with Gasteiger partial charge in [-0.25, -0.2) is 0 Å². The van der Waals surface area contributed by atoms with Gasteiger partial charge in [0.25, 0.3) is 0 Å². The number of ketones is 2. The molecular weight excluding hydrogens is 354 g/mol. The lowest BCUT2D eigenvalue weighted by molar-refractivity contribution is -0.156. The number of carbonyl (C=O) groups excluding carboxylic acids is 3. The molecule has 0 bridgehead atoms. The second-order valence-electron chi connectivity index (χ2n) is 7.76. The summed E-state index contributed by atoms with van der Waals surface area (Å²) in [5.41, 5.74) is 4.81. The maximum Gasteiger partial charge on any atom is 0.308 e. The minimum absolute atomic E-state index is 0.0314. The fourth-order valence-corrected chi connectivity index (χ4v) is 1.93. The highest BCUT2D eigenvalue weighted by molar-refractivity contribution is 5.75. The Morgan fingerprint density at radius 2 is 1.11 bits per heavy atom. The van der Waals surface area contributed by atoms with E-state index in [1.165, 1.54) is 13.8 Å². The molecule has 0 saturated heterocycles. The van der Waals surface area contributed by atoms with E-state index in [4.69, 9.17) is 24.7 Å². The van der Waals surface area contributed by atoms with Crippen molar-refractivity contribution in [2.75, 3.05) is 39.6 Å². The number of Topliss-reactive ketones (excluding diaryl/α,β-unsaturated/α-hetero) is 2. The van der Waals surface area contributed by atoms with Crippen LogP contribution in [0.2, 0.25) is 0 Å². The number of esters is 1. The van der Waals surface area contributed by atoms with E-state index in [0.717, 1.165) is 0 Å². The molecule has 0 fully saturated rings. The zero-order valence-electron chi connectivity index (χ0n) is 17.3. The van der Waals surface area contributed by atoms with E-state index in [1.54, 1.807) is 20.8 Å².